The van der Waals surface area contributed by atoms with E-state index in [-0.39, 0.29) is 11.8 Å². The van der Waals surface area contributed by atoms with Gasteiger partial charge < -0.3 is 10.1 Å². The van der Waals surface area contributed by atoms with E-state index in [1.165, 1.54) is 6.20 Å². The molecule has 1 N–H and O–H groups in total. The second-order valence-electron chi connectivity index (χ2n) is 5.55. The van der Waals surface area contributed by atoms with E-state index >= 15 is 0 Å². The van der Waals surface area contributed by atoms with E-state index < -0.39 is 0 Å². The summed E-state index contributed by atoms with van der Waals surface area (Å²) in [5.74, 6) is 0.757. The Hall–Kier alpha value is -2.41. The van der Waals surface area contributed by atoms with Crippen LogP contribution in [-0.4, -0.2) is 39.1 Å². The van der Waals surface area contributed by atoms with E-state index in [1.807, 2.05) is 6.92 Å². The topological polar surface area (TPSA) is 89.9 Å². The fraction of sp³-hybridized carbons (Fsp3) is 0.438. The molecule has 3 heterocycles. The third-order valence-corrected chi connectivity index (χ3v) is 3.70. The Bertz CT molecular complexity index is 668. The average Bonchev–Trinajstić information content (AvgIpc) is 2.61. The molecule has 3 rings (SSSR count). The molecule has 1 aliphatic rings. The fourth-order valence-electron chi connectivity index (χ4n) is 2.42. The van der Waals surface area contributed by atoms with Crippen LogP contribution in [0, 0.1) is 6.92 Å². The van der Waals surface area contributed by atoms with Gasteiger partial charge in [0.05, 0.1) is 30.7 Å². The lowest BCUT2D eigenvalue weighted by molar-refractivity contribution is 0.0779. The maximum Gasteiger partial charge on any atom is 0.271 e. The molecule has 1 saturated heterocycles. The molecule has 0 radical (unpaired) electrons. The summed E-state index contributed by atoms with van der Waals surface area (Å²) in [5.41, 5.74) is 1.84. The first-order valence-corrected chi connectivity index (χ1v) is 7.69. The highest BCUT2D eigenvalue weighted by Crippen LogP contribution is 2.22. The van der Waals surface area contributed by atoms with Crippen LogP contribution < -0.4 is 5.32 Å². The van der Waals surface area contributed by atoms with Crippen molar-refractivity contribution in [2.24, 2.45) is 0 Å². The lowest BCUT2D eigenvalue weighted by Gasteiger charge is -2.20. The van der Waals surface area contributed by atoms with Gasteiger partial charge in [-0.1, -0.05) is 0 Å². The van der Waals surface area contributed by atoms with Gasteiger partial charge in [0.2, 0.25) is 0 Å². The SMILES string of the molecule is Cc1cnc(C(=O)NCc2ccnc(C3CCCOC3)n2)cn1. The van der Waals surface area contributed by atoms with Crippen LogP contribution in [0.15, 0.2) is 24.7 Å². The minimum atomic E-state index is -0.265. The molecule has 1 amide bonds. The van der Waals surface area contributed by atoms with Gasteiger partial charge in [0.1, 0.15) is 11.5 Å². The number of nitrogens with zero attached hydrogens (tertiary/aromatic N) is 4. The lowest BCUT2D eigenvalue weighted by Crippen LogP contribution is -2.25. The predicted octanol–water partition coefficient (Wildman–Crippen LogP) is 1.40. The molecule has 2 aromatic heterocycles. The molecule has 1 atom stereocenters. The number of rotatable bonds is 4. The standard InChI is InChI=1S/C16H19N5O2/c1-11-7-19-14(9-18-11)16(22)20-8-13-4-5-17-15(21-13)12-3-2-6-23-10-12/h4-5,7,9,12H,2-3,6,8,10H2,1H3,(H,20,22). The molecule has 0 aromatic carbocycles. The highest BCUT2D eigenvalue weighted by Gasteiger charge is 2.19. The Morgan fingerprint density at radius 1 is 1.35 bits per heavy atom. The number of amides is 1. The molecule has 1 unspecified atom stereocenters. The number of nitrogens with one attached hydrogen (secondary N) is 1. The molecule has 0 spiro atoms. The normalized spacial score (nSPS) is 17.7. The molecule has 7 heteroatoms. The van der Waals surface area contributed by atoms with Crippen molar-refractivity contribution < 1.29 is 9.53 Å². The number of carbonyl (C=O) groups excluding carboxylic acids is 1. The van der Waals surface area contributed by atoms with E-state index in [9.17, 15) is 4.79 Å². The lowest BCUT2D eigenvalue weighted by atomic mass is 10.0. The number of hydrogen-bond donors (Lipinski definition) is 1. The summed E-state index contributed by atoms with van der Waals surface area (Å²) in [4.78, 5) is 29.0. The van der Waals surface area contributed by atoms with Gasteiger partial charge in [-0.25, -0.2) is 15.0 Å². The molecule has 120 valence electrons. The van der Waals surface area contributed by atoms with Gasteiger partial charge in [-0.2, -0.15) is 0 Å². The van der Waals surface area contributed by atoms with Gasteiger partial charge in [-0.05, 0) is 25.8 Å². The Morgan fingerprint density at radius 3 is 3.00 bits per heavy atom. The van der Waals surface area contributed by atoms with Crippen molar-refractivity contribution in [2.75, 3.05) is 13.2 Å². The van der Waals surface area contributed by atoms with Crippen molar-refractivity contribution in [3.8, 4) is 0 Å². The molecule has 0 bridgehead atoms. The highest BCUT2D eigenvalue weighted by molar-refractivity contribution is 5.91. The smallest absolute Gasteiger partial charge is 0.271 e. The van der Waals surface area contributed by atoms with Crippen molar-refractivity contribution >= 4 is 5.91 Å². The summed E-state index contributed by atoms with van der Waals surface area (Å²) in [6.45, 7) is 3.63. The maximum atomic E-state index is 12.0. The Morgan fingerprint density at radius 2 is 2.26 bits per heavy atom. The summed E-state index contributed by atoms with van der Waals surface area (Å²) in [5, 5.41) is 2.80. The summed E-state index contributed by atoms with van der Waals surface area (Å²) < 4.78 is 5.48. The van der Waals surface area contributed by atoms with Crippen LogP contribution in [-0.2, 0) is 11.3 Å². The largest absolute Gasteiger partial charge is 0.381 e. The molecule has 7 nitrogen and oxygen atoms in total. The number of aromatic nitrogens is 4. The number of hydrogen-bond acceptors (Lipinski definition) is 6. The van der Waals surface area contributed by atoms with Crippen molar-refractivity contribution in [3.05, 3.63) is 47.6 Å². The van der Waals surface area contributed by atoms with Gasteiger partial charge in [0, 0.05) is 24.9 Å². The first-order valence-electron chi connectivity index (χ1n) is 7.69. The van der Waals surface area contributed by atoms with E-state index in [1.54, 1.807) is 18.5 Å². The molecular formula is C16H19N5O2. The minimum Gasteiger partial charge on any atom is -0.381 e. The van der Waals surface area contributed by atoms with Gasteiger partial charge in [-0.15, -0.1) is 0 Å². The number of aryl methyl sites for hydroxylation is 1. The van der Waals surface area contributed by atoms with E-state index in [2.05, 4.69) is 25.3 Å². The van der Waals surface area contributed by atoms with E-state index in [0.717, 1.165) is 36.7 Å². The van der Waals surface area contributed by atoms with Crippen molar-refractivity contribution in [1.82, 2.24) is 25.3 Å². The van der Waals surface area contributed by atoms with Crippen molar-refractivity contribution in [3.63, 3.8) is 0 Å². The monoisotopic (exact) mass is 313 g/mol. The zero-order chi connectivity index (χ0) is 16.1. The second-order valence-corrected chi connectivity index (χ2v) is 5.55. The van der Waals surface area contributed by atoms with Crippen LogP contribution in [0.5, 0.6) is 0 Å². The van der Waals surface area contributed by atoms with E-state index in [0.29, 0.717) is 18.8 Å². The third kappa shape index (κ3) is 4.07. The third-order valence-electron chi connectivity index (χ3n) is 3.70. The van der Waals surface area contributed by atoms with Crippen LogP contribution in [0.25, 0.3) is 0 Å². The molecular weight excluding hydrogens is 294 g/mol. The molecule has 2 aromatic rings. The Balaban J connectivity index is 1.61. The average molecular weight is 313 g/mol. The zero-order valence-electron chi connectivity index (χ0n) is 13.0. The summed E-state index contributed by atoms with van der Waals surface area (Å²) in [6.07, 6.45) is 6.83. The first-order chi connectivity index (χ1) is 11.2. The van der Waals surface area contributed by atoms with Crippen molar-refractivity contribution in [2.45, 2.75) is 32.2 Å². The minimum absolute atomic E-state index is 0.238. The number of ether oxygens (including phenoxy) is 1. The highest BCUT2D eigenvalue weighted by atomic mass is 16.5. The quantitative estimate of drug-likeness (QED) is 0.917. The summed E-state index contributed by atoms with van der Waals surface area (Å²) >= 11 is 0. The molecule has 1 fully saturated rings. The van der Waals surface area contributed by atoms with Crippen LogP contribution in [0.2, 0.25) is 0 Å². The first kappa shape index (κ1) is 15.5. The zero-order valence-corrected chi connectivity index (χ0v) is 13.0. The molecule has 0 aliphatic carbocycles. The number of carbonyl (C=O) groups is 1. The molecule has 23 heavy (non-hydrogen) atoms. The summed E-state index contributed by atoms with van der Waals surface area (Å²) in [7, 11) is 0. The fourth-order valence-corrected chi connectivity index (χ4v) is 2.42. The van der Waals surface area contributed by atoms with Gasteiger partial charge in [-0.3, -0.25) is 9.78 Å². The summed E-state index contributed by atoms with van der Waals surface area (Å²) in [6, 6.07) is 1.80. The molecule has 1 aliphatic heterocycles. The van der Waals surface area contributed by atoms with Gasteiger partial charge >= 0.3 is 0 Å². The van der Waals surface area contributed by atoms with Crippen LogP contribution in [0.4, 0.5) is 0 Å². The van der Waals surface area contributed by atoms with Crippen LogP contribution in [0.1, 0.15) is 46.5 Å². The van der Waals surface area contributed by atoms with Gasteiger partial charge in [0.25, 0.3) is 5.91 Å². The second kappa shape index (κ2) is 7.23. The van der Waals surface area contributed by atoms with Crippen LogP contribution >= 0.6 is 0 Å². The Kier molecular flexibility index (Phi) is 4.87. The Labute approximate surface area is 134 Å². The maximum absolute atomic E-state index is 12.0. The van der Waals surface area contributed by atoms with Crippen molar-refractivity contribution in [1.29, 1.82) is 0 Å². The van der Waals surface area contributed by atoms with E-state index in [4.69, 9.17) is 4.74 Å². The van der Waals surface area contributed by atoms with Crippen LogP contribution in [0.3, 0.4) is 0 Å². The van der Waals surface area contributed by atoms with Gasteiger partial charge in [0.15, 0.2) is 0 Å². The predicted molar refractivity (Wildman–Crippen MR) is 82.8 cm³/mol. The molecule has 0 saturated carbocycles.